The lowest BCUT2D eigenvalue weighted by molar-refractivity contribution is 0.100. The third-order valence-electron chi connectivity index (χ3n) is 5.15. The lowest BCUT2D eigenvalue weighted by Gasteiger charge is -2.43. The molecule has 2 aromatic rings. The van der Waals surface area contributed by atoms with Gasteiger partial charge in [-0.25, -0.2) is 4.98 Å². The second-order valence-corrected chi connectivity index (χ2v) is 8.58. The van der Waals surface area contributed by atoms with Crippen molar-refractivity contribution in [2.45, 2.75) is 46.1 Å². The van der Waals surface area contributed by atoms with Crippen LogP contribution in [0.2, 0.25) is 0 Å². The molecule has 2 aromatic heterocycles. The van der Waals surface area contributed by atoms with Gasteiger partial charge in [0.2, 0.25) is 0 Å². The minimum atomic E-state index is -0.491. The number of hydrogen-bond acceptors (Lipinski definition) is 6. The summed E-state index contributed by atoms with van der Waals surface area (Å²) < 4.78 is 0. The molecule has 0 aromatic carbocycles. The molecule has 3 rings (SSSR count). The summed E-state index contributed by atoms with van der Waals surface area (Å²) >= 11 is 1.29. The molecular formula is C18H27N5OS. The zero-order valence-corrected chi connectivity index (χ0v) is 15.9. The fourth-order valence-corrected chi connectivity index (χ4v) is 4.55. The maximum Gasteiger partial charge on any atom is 0.260 e. The smallest absolute Gasteiger partial charge is 0.260 e. The lowest BCUT2D eigenvalue weighted by Crippen LogP contribution is -2.52. The molecule has 1 aliphatic rings. The molecule has 3 heterocycles. The summed E-state index contributed by atoms with van der Waals surface area (Å²) in [5.74, 6) is 0.447. The Balaban J connectivity index is 2.09. The molecule has 25 heavy (non-hydrogen) atoms. The minimum Gasteiger partial charge on any atom is -0.397 e. The van der Waals surface area contributed by atoms with Gasteiger partial charge < -0.3 is 22.1 Å². The van der Waals surface area contributed by atoms with Gasteiger partial charge in [0.15, 0.2) is 0 Å². The van der Waals surface area contributed by atoms with E-state index >= 15 is 0 Å². The first-order valence-electron chi connectivity index (χ1n) is 8.76. The Morgan fingerprint density at radius 1 is 1.48 bits per heavy atom. The van der Waals surface area contributed by atoms with E-state index in [1.54, 1.807) is 0 Å². The molecule has 6 nitrogen and oxygen atoms in total. The predicted molar refractivity (Wildman–Crippen MR) is 105 cm³/mol. The molecule has 1 atom stereocenters. The Kier molecular flexibility index (Phi) is 4.64. The van der Waals surface area contributed by atoms with Crippen LogP contribution >= 0.6 is 11.3 Å². The van der Waals surface area contributed by atoms with Crippen molar-refractivity contribution in [1.29, 1.82) is 0 Å². The zero-order valence-electron chi connectivity index (χ0n) is 15.1. The quantitative estimate of drug-likeness (QED) is 0.775. The number of primary amides is 1. The van der Waals surface area contributed by atoms with Crippen LogP contribution in [0.25, 0.3) is 10.2 Å². The molecule has 7 heteroatoms. The lowest BCUT2D eigenvalue weighted by atomic mass is 9.79. The third kappa shape index (κ3) is 3.18. The zero-order chi connectivity index (χ0) is 18.4. The number of fused-ring (bicyclic) bond motifs is 1. The van der Waals surface area contributed by atoms with E-state index in [0.717, 1.165) is 53.9 Å². The summed E-state index contributed by atoms with van der Waals surface area (Å²) in [6.07, 6.45) is 2.83. The van der Waals surface area contributed by atoms with Gasteiger partial charge in [0.25, 0.3) is 5.91 Å². The number of hydrogen-bond donors (Lipinski definition) is 3. The number of nitrogens with zero attached hydrogens (tertiary/aromatic N) is 2. The van der Waals surface area contributed by atoms with Crippen LogP contribution in [-0.2, 0) is 6.42 Å². The van der Waals surface area contributed by atoms with E-state index in [-0.39, 0.29) is 11.5 Å². The van der Waals surface area contributed by atoms with Crippen LogP contribution in [0.3, 0.4) is 0 Å². The van der Waals surface area contributed by atoms with Gasteiger partial charge in [-0.15, -0.1) is 11.3 Å². The maximum absolute atomic E-state index is 11.7. The van der Waals surface area contributed by atoms with Gasteiger partial charge in [0.1, 0.15) is 15.5 Å². The number of amides is 1. The monoisotopic (exact) mass is 361 g/mol. The number of rotatable bonds is 4. The Hall–Kier alpha value is -1.86. The molecule has 0 spiro atoms. The van der Waals surface area contributed by atoms with Crippen molar-refractivity contribution in [3.63, 3.8) is 0 Å². The van der Waals surface area contributed by atoms with Crippen molar-refractivity contribution < 1.29 is 4.79 Å². The van der Waals surface area contributed by atoms with Crippen LogP contribution in [0.1, 0.15) is 48.8 Å². The number of aryl methyl sites for hydroxylation is 1. The van der Waals surface area contributed by atoms with Crippen molar-refractivity contribution in [3.8, 4) is 0 Å². The van der Waals surface area contributed by atoms with Crippen molar-refractivity contribution >= 4 is 39.0 Å². The van der Waals surface area contributed by atoms with Crippen LogP contribution in [0.4, 0.5) is 11.5 Å². The average Bonchev–Trinajstić information content (AvgIpc) is 2.87. The second kappa shape index (κ2) is 6.46. The van der Waals surface area contributed by atoms with Gasteiger partial charge >= 0.3 is 0 Å². The molecule has 0 bridgehead atoms. The number of thiophene rings is 1. The third-order valence-corrected chi connectivity index (χ3v) is 6.26. The number of piperidine rings is 1. The standard InChI is InChI=1S/C18H27N5OS/c1-4-5-10-8-12(23-7-6-11(19)18(2,3)9-23)22-17-13(10)14(20)15(25-17)16(21)24/h8,11H,4-7,9,19-20H2,1-3H3,(H2,21,24). The van der Waals surface area contributed by atoms with E-state index in [4.69, 9.17) is 22.2 Å². The first-order chi connectivity index (χ1) is 11.7. The van der Waals surface area contributed by atoms with Crippen molar-refractivity contribution in [2.24, 2.45) is 16.9 Å². The highest BCUT2D eigenvalue weighted by molar-refractivity contribution is 7.21. The fourth-order valence-electron chi connectivity index (χ4n) is 3.57. The highest BCUT2D eigenvalue weighted by Crippen LogP contribution is 2.38. The molecule has 0 radical (unpaired) electrons. The number of aromatic nitrogens is 1. The Labute approximate surface area is 152 Å². The van der Waals surface area contributed by atoms with Crippen LogP contribution in [0, 0.1) is 5.41 Å². The summed E-state index contributed by atoms with van der Waals surface area (Å²) in [7, 11) is 0. The Bertz CT molecular complexity index is 813. The highest BCUT2D eigenvalue weighted by atomic mass is 32.1. The number of anilines is 2. The minimum absolute atomic E-state index is 0.0344. The first-order valence-corrected chi connectivity index (χ1v) is 9.58. The second-order valence-electron chi connectivity index (χ2n) is 7.58. The average molecular weight is 362 g/mol. The molecule has 1 aliphatic heterocycles. The van der Waals surface area contributed by atoms with Gasteiger partial charge in [0.05, 0.1) is 5.69 Å². The van der Waals surface area contributed by atoms with Gasteiger partial charge in [-0.1, -0.05) is 27.2 Å². The number of carbonyl (C=O) groups excluding carboxylic acids is 1. The van der Waals surface area contributed by atoms with Crippen LogP contribution in [0.15, 0.2) is 6.07 Å². The predicted octanol–water partition coefficient (Wildman–Crippen LogP) is 2.49. The number of nitrogen functional groups attached to an aromatic ring is 1. The van der Waals surface area contributed by atoms with E-state index in [1.807, 2.05) is 0 Å². The van der Waals surface area contributed by atoms with E-state index in [1.165, 1.54) is 11.3 Å². The molecule has 0 aliphatic carbocycles. The number of pyridine rings is 1. The summed E-state index contributed by atoms with van der Waals surface area (Å²) in [6, 6.07) is 2.31. The van der Waals surface area contributed by atoms with E-state index in [0.29, 0.717) is 10.6 Å². The van der Waals surface area contributed by atoms with Crippen LogP contribution < -0.4 is 22.1 Å². The Morgan fingerprint density at radius 2 is 2.20 bits per heavy atom. The molecule has 1 fully saturated rings. The number of nitrogens with two attached hydrogens (primary N) is 3. The van der Waals surface area contributed by atoms with Crippen molar-refractivity contribution in [1.82, 2.24) is 4.98 Å². The van der Waals surface area contributed by atoms with Crippen molar-refractivity contribution in [2.75, 3.05) is 23.7 Å². The molecule has 136 valence electrons. The molecule has 1 saturated heterocycles. The van der Waals surface area contributed by atoms with E-state index in [9.17, 15) is 4.79 Å². The largest absolute Gasteiger partial charge is 0.397 e. The van der Waals surface area contributed by atoms with Crippen molar-refractivity contribution in [3.05, 3.63) is 16.5 Å². The SMILES string of the molecule is CCCc1cc(N2CCC(N)C(C)(C)C2)nc2sc(C(N)=O)c(N)c12. The summed E-state index contributed by atoms with van der Waals surface area (Å²) in [6.45, 7) is 8.28. The maximum atomic E-state index is 11.7. The summed E-state index contributed by atoms with van der Waals surface area (Å²) in [5.41, 5.74) is 19.6. The fraction of sp³-hybridized carbons (Fsp3) is 0.556. The van der Waals surface area contributed by atoms with E-state index in [2.05, 4.69) is 31.7 Å². The number of carbonyl (C=O) groups is 1. The molecule has 1 unspecified atom stereocenters. The first kappa shape index (κ1) is 17.9. The summed E-state index contributed by atoms with van der Waals surface area (Å²) in [5, 5.41) is 0.886. The van der Waals surface area contributed by atoms with Gasteiger partial charge in [-0.2, -0.15) is 0 Å². The molecule has 6 N–H and O–H groups in total. The van der Waals surface area contributed by atoms with E-state index < -0.39 is 5.91 Å². The molecular weight excluding hydrogens is 334 g/mol. The Morgan fingerprint density at radius 3 is 2.80 bits per heavy atom. The van der Waals surface area contributed by atoms with Gasteiger partial charge in [-0.05, 0) is 29.9 Å². The van der Waals surface area contributed by atoms with Gasteiger partial charge in [0, 0.05) is 24.5 Å². The molecule has 1 amide bonds. The molecule has 0 saturated carbocycles. The topological polar surface area (TPSA) is 111 Å². The highest BCUT2D eigenvalue weighted by Gasteiger charge is 2.34. The van der Waals surface area contributed by atoms with Crippen LogP contribution in [0.5, 0.6) is 0 Å². The normalized spacial score (nSPS) is 20.2. The summed E-state index contributed by atoms with van der Waals surface area (Å²) in [4.78, 5) is 20.0. The van der Waals surface area contributed by atoms with Crippen LogP contribution in [-0.4, -0.2) is 30.0 Å². The van der Waals surface area contributed by atoms with Gasteiger partial charge in [-0.3, -0.25) is 4.79 Å².